The number of hydrogen-bond donors (Lipinski definition) is 3. The van der Waals surface area contributed by atoms with Crippen LogP contribution in [0.5, 0.6) is 0 Å². The van der Waals surface area contributed by atoms with E-state index >= 15 is 0 Å². The zero-order valence-corrected chi connectivity index (χ0v) is 11.3. The maximum atomic E-state index is 13.0. The first-order valence-corrected chi connectivity index (χ1v) is 6.84. The van der Waals surface area contributed by atoms with Gasteiger partial charge in [0.05, 0.1) is 20.0 Å². The van der Waals surface area contributed by atoms with Gasteiger partial charge < -0.3 is 15.1 Å². The van der Waals surface area contributed by atoms with Crippen LogP contribution < -0.4 is 15.1 Å². The van der Waals surface area contributed by atoms with Crippen LogP contribution in [-0.4, -0.2) is 45.7 Å². The molecule has 0 aliphatic carbocycles. The van der Waals surface area contributed by atoms with Crippen molar-refractivity contribution in [3.8, 4) is 0 Å². The molecule has 1 aromatic rings. The van der Waals surface area contributed by atoms with E-state index in [9.17, 15) is 9.18 Å². The van der Waals surface area contributed by atoms with Gasteiger partial charge in [-0.15, -0.1) is 0 Å². The predicted octanol–water partition coefficient (Wildman–Crippen LogP) is -1.43. The number of amides is 1. The quantitative estimate of drug-likeness (QED) is 0.615. The number of anilines is 1. The molecule has 1 aromatic carbocycles. The molecule has 19 heavy (non-hydrogen) atoms. The van der Waals surface area contributed by atoms with Gasteiger partial charge in [-0.1, -0.05) is 6.07 Å². The molecule has 0 radical (unpaired) electrons. The number of halogens is 1. The Kier molecular flexibility index (Phi) is 4.87. The SMILES string of the molecule is C[NH+]1CC[NH+](CCC(=O)Nc2cccc(F)c2)CC1. The number of benzene rings is 1. The summed E-state index contributed by atoms with van der Waals surface area (Å²) in [6.07, 6.45) is 0.491. The number of carbonyl (C=O) groups excluding carboxylic acids is 1. The normalized spacial score (nSPS) is 23.1. The van der Waals surface area contributed by atoms with Crippen LogP contribution in [0.4, 0.5) is 10.1 Å². The van der Waals surface area contributed by atoms with Gasteiger partial charge in [0.1, 0.15) is 32.0 Å². The molecule has 3 N–H and O–H groups in total. The van der Waals surface area contributed by atoms with Gasteiger partial charge in [0.2, 0.25) is 5.91 Å². The van der Waals surface area contributed by atoms with Gasteiger partial charge in [-0.3, -0.25) is 4.79 Å². The molecule has 1 saturated heterocycles. The third kappa shape index (κ3) is 4.61. The summed E-state index contributed by atoms with van der Waals surface area (Å²) in [6.45, 7) is 5.44. The molecule has 4 nitrogen and oxygen atoms in total. The molecule has 104 valence electrons. The van der Waals surface area contributed by atoms with Gasteiger partial charge in [0.25, 0.3) is 0 Å². The zero-order chi connectivity index (χ0) is 13.7. The molecule has 0 bridgehead atoms. The highest BCUT2D eigenvalue weighted by Gasteiger charge is 2.20. The van der Waals surface area contributed by atoms with Gasteiger partial charge in [0.15, 0.2) is 0 Å². The third-order valence-corrected chi connectivity index (χ3v) is 3.62. The van der Waals surface area contributed by atoms with Crippen LogP contribution in [0.3, 0.4) is 0 Å². The highest BCUT2D eigenvalue weighted by atomic mass is 19.1. The van der Waals surface area contributed by atoms with E-state index in [0.29, 0.717) is 12.1 Å². The van der Waals surface area contributed by atoms with Crippen LogP contribution in [0.2, 0.25) is 0 Å². The summed E-state index contributed by atoms with van der Waals surface area (Å²) in [5.74, 6) is -0.366. The molecule has 0 spiro atoms. The Labute approximate surface area is 113 Å². The van der Waals surface area contributed by atoms with Gasteiger partial charge in [0, 0.05) is 5.69 Å². The largest absolute Gasteiger partial charge is 0.328 e. The van der Waals surface area contributed by atoms with Crippen LogP contribution in [0.25, 0.3) is 0 Å². The minimum absolute atomic E-state index is 0.0376. The fraction of sp³-hybridized carbons (Fsp3) is 0.500. The summed E-state index contributed by atoms with van der Waals surface area (Å²) >= 11 is 0. The van der Waals surface area contributed by atoms with E-state index in [0.717, 1.165) is 19.6 Å². The van der Waals surface area contributed by atoms with Crippen molar-refractivity contribution in [1.82, 2.24) is 0 Å². The van der Waals surface area contributed by atoms with Crippen molar-refractivity contribution in [1.29, 1.82) is 0 Å². The second-order valence-electron chi connectivity index (χ2n) is 5.27. The Balaban J connectivity index is 1.73. The topological polar surface area (TPSA) is 38.0 Å². The van der Waals surface area contributed by atoms with Crippen molar-refractivity contribution >= 4 is 11.6 Å². The zero-order valence-electron chi connectivity index (χ0n) is 11.3. The molecule has 5 heteroatoms. The van der Waals surface area contributed by atoms with Crippen LogP contribution in [0, 0.1) is 5.82 Å². The first-order valence-electron chi connectivity index (χ1n) is 6.84. The maximum absolute atomic E-state index is 13.0. The Morgan fingerprint density at radius 2 is 2.05 bits per heavy atom. The molecule has 0 saturated carbocycles. The molecular formula is C14H22FN3O+2. The van der Waals surface area contributed by atoms with Crippen LogP contribution >= 0.6 is 0 Å². The van der Waals surface area contributed by atoms with E-state index in [2.05, 4.69) is 12.4 Å². The molecule has 1 aliphatic heterocycles. The standard InChI is InChI=1S/C14H20FN3O/c1-17-7-9-18(10-8-17)6-5-14(19)16-13-4-2-3-12(15)11-13/h2-4,11H,5-10H2,1H3,(H,16,19)/p+2. The van der Waals surface area contributed by atoms with Crippen molar-refractivity contribution in [2.75, 3.05) is 45.1 Å². The highest BCUT2D eigenvalue weighted by molar-refractivity contribution is 5.90. The number of nitrogens with one attached hydrogen (secondary N) is 3. The van der Waals surface area contributed by atoms with Crippen LogP contribution in [0.1, 0.15) is 6.42 Å². The van der Waals surface area contributed by atoms with Crippen molar-refractivity contribution in [2.45, 2.75) is 6.42 Å². The first-order chi connectivity index (χ1) is 9.13. The average molecular weight is 267 g/mol. The number of rotatable bonds is 4. The molecular weight excluding hydrogens is 245 g/mol. The molecule has 0 aromatic heterocycles. The van der Waals surface area contributed by atoms with E-state index in [1.54, 1.807) is 17.0 Å². The number of carbonyl (C=O) groups is 1. The lowest BCUT2D eigenvalue weighted by molar-refractivity contribution is -1.00. The summed E-state index contributed by atoms with van der Waals surface area (Å²) < 4.78 is 13.0. The summed E-state index contributed by atoms with van der Waals surface area (Å²) in [5.41, 5.74) is 0.530. The van der Waals surface area contributed by atoms with Crippen molar-refractivity contribution in [3.05, 3.63) is 30.1 Å². The van der Waals surface area contributed by atoms with Crippen LogP contribution in [-0.2, 0) is 4.79 Å². The van der Waals surface area contributed by atoms with Crippen molar-refractivity contribution in [3.63, 3.8) is 0 Å². The lowest BCUT2D eigenvalue weighted by atomic mass is 10.2. The third-order valence-electron chi connectivity index (χ3n) is 3.62. The van der Waals surface area contributed by atoms with E-state index in [4.69, 9.17) is 0 Å². The summed E-state index contributed by atoms with van der Waals surface area (Å²) in [6, 6.07) is 6.00. The fourth-order valence-electron chi connectivity index (χ4n) is 2.36. The van der Waals surface area contributed by atoms with E-state index in [1.165, 1.54) is 30.1 Å². The molecule has 1 heterocycles. The van der Waals surface area contributed by atoms with Crippen molar-refractivity contribution < 1.29 is 19.0 Å². The number of likely N-dealkylation sites (N-methyl/N-ethyl adjacent to an activating group) is 1. The van der Waals surface area contributed by atoms with Gasteiger partial charge >= 0.3 is 0 Å². The molecule has 0 unspecified atom stereocenters. The van der Waals surface area contributed by atoms with Gasteiger partial charge in [-0.2, -0.15) is 0 Å². The summed E-state index contributed by atoms with van der Waals surface area (Å²) in [7, 11) is 2.20. The molecule has 0 atom stereocenters. The predicted molar refractivity (Wildman–Crippen MR) is 71.8 cm³/mol. The summed E-state index contributed by atoms with van der Waals surface area (Å²) in [4.78, 5) is 14.8. The lowest BCUT2D eigenvalue weighted by Crippen LogP contribution is -3.27. The Hall–Kier alpha value is -1.46. The lowest BCUT2D eigenvalue weighted by Gasteiger charge is -2.27. The van der Waals surface area contributed by atoms with E-state index in [1.807, 2.05) is 0 Å². The number of piperazine rings is 1. The van der Waals surface area contributed by atoms with E-state index in [-0.39, 0.29) is 11.7 Å². The van der Waals surface area contributed by atoms with Crippen LogP contribution in [0.15, 0.2) is 24.3 Å². The molecule has 1 aliphatic rings. The summed E-state index contributed by atoms with van der Waals surface area (Å²) in [5, 5.41) is 2.73. The number of hydrogen-bond acceptors (Lipinski definition) is 1. The number of quaternary nitrogens is 2. The minimum atomic E-state index is -0.328. The van der Waals surface area contributed by atoms with Gasteiger partial charge in [-0.25, -0.2) is 4.39 Å². The Morgan fingerprint density at radius 3 is 2.74 bits per heavy atom. The average Bonchev–Trinajstić information content (AvgIpc) is 2.38. The fourth-order valence-corrected chi connectivity index (χ4v) is 2.36. The maximum Gasteiger partial charge on any atom is 0.230 e. The second-order valence-corrected chi connectivity index (χ2v) is 5.27. The Bertz CT molecular complexity index is 430. The highest BCUT2D eigenvalue weighted by Crippen LogP contribution is 2.08. The van der Waals surface area contributed by atoms with Crippen molar-refractivity contribution in [2.24, 2.45) is 0 Å². The second kappa shape index (κ2) is 6.63. The minimum Gasteiger partial charge on any atom is -0.328 e. The molecule has 1 amide bonds. The van der Waals surface area contributed by atoms with Gasteiger partial charge in [-0.05, 0) is 18.2 Å². The van der Waals surface area contributed by atoms with E-state index < -0.39 is 0 Å². The molecule has 1 fully saturated rings. The smallest absolute Gasteiger partial charge is 0.230 e. The molecule has 2 rings (SSSR count). The first kappa shape index (κ1) is 14.0. The Morgan fingerprint density at radius 1 is 1.32 bits per heavy atom. The monoisotopic (exact) mass is 267 g/mol.